The molecule has 0 fully saturated rings. The van der Waals surface area contributed by atoms with Gasteiger partial charge in [0.1, 0.15) is 6.17 Å². The van der Waals surface area contributed by atoms with Crippen LogP contribution in [0.5, 0.6) is 0 Å². The van der Waals surface area contributed by atoms with Crippen molar-refractivity contribution in [3.8, 4) is 0 Å². The van der Waals surface area contributed by atoms with Crippen molar-refractivity contribution in [1.82, 2.24) is 4.98 Å². The number of fused-ring (bicyclic) bond motifs is 2. The Balaban J connectivity index is 1.69. The van der Waals surface area contributed by atoms with Gasteiger partial charge in [-0.1, -0.05) is 19.1 Å². The first-order chi connectivity index (χ1) is 9.72. The molecule has 0 spiro atoms. The maximum Gasteiger partial charge on any atom is 0.123 e. The highest BCUT2D eigenvalue weighted by Gasteiger charge is 2.28. The first-order valence-corrected chi connectivity index (χ1v) is 7.05. The second kappa shape index (κ2) is 4.18. The largest absolute Gasteiger partial charge is 0.360 e. The molecule has 4 rings (SSSR count). The zero-order valence-corrected chi connectivity index (χ0v) is 11.8. The van der Waals surface area contributed by atoms with Gasteiger partial charge in [-0.15, -0.1) is 0 Å². The lowest BCUT2D eigenvalue weighted by Gasteiger charge is -2.11. The summed E-state index contributed by atoms with van der Waals surface area (Å²) in [5.41, 5.74) is 5.79. The molecule has 100 valence electrons. The average molecular weight is 282 g/mol. The molecule has 1 aromatic heterocycles. The molecule has 3 N–H and O–H groups in total. The third-order valence-electron chi connectivity index (χ3n) is 3.95. The van der Waals surface area contributed by atoms with E-state index < -0.39 is 0 Å². The Kier molecular flexibility index (Phi) is 2.44. The zero-order valence-electron chi connectivity index (χ0n) is 11.0. The summed E-state index contributed by atoms with van der Waals surface area (Å²) in [7, 11) is 0. The number of hydrogen-bond acceptors (Lipinski definition) is 4. The molecular weight excluding hydrogens is 268 g/mol. The summed E-state index contributed by atoms with van der Waals surface area (Å²) in [6.07, 6.45) is 3.71. The van der Waals surface area contributed by atoms with Gasteiger partial charge in [0.05, 0.1) is 16.4 Å². The fourth-order valence-electron chi connectivity index (χ4n) is 2.77. The Hall–Kier alpha value is -2.14. The zero-order chi connectivity index (χ0) is 13.7. The summed E-state index contributed by atoms with van der Waals surface area (Å²) in [4.78, 5) is 4.95. The van der Waals surface area contributed by atoms with E-state index in [2.05, 4.69) is 40.0 Å². The van der Waals surface area contributed by atoms with Gasteiger partial charge in [0.25, 0.3) is 0 Å². The van der Waals surface area contributed by atoms with E-state index in [9.17, 15) is 0 Å². The Bertz CT molecular complexity index is 699. The molecule has 0 radical (unpaired) electrons. The molecule has 1 aromatic carbocycles. The molecular formula is C15H14N4S. The van der Waals surface area contributed by atoms with Crippen LogP contribution in [-0.2, 0) is 0 Å². The van der Waals surface area contributed by atoms with Crippen molar-refractivity contribution in [3.05, 3.63) is 47.8 Å². The van der Waals surface area contributed by atoms with E-state index in [-0.39, 0.29) is 12.1 Å². The normalized spacial score (nSPS) is 22.6. The van der Waals surface area contributed by atoms with Gasteiger partial charge in [0.2, 0.25) is 0 Å². The molecule has 2 atom stereocenters. The van der Waals surface area contributed by atoms with Gasteiger partial charge in [-0.3, -0.25) is 4.98 Å². The molecule has 2 aliphatic rings. The minimum absolute atomic E-state index is 0.0952. The van der Waals surface area contributed by atoms with Crippen LogP contribution in [0.1, 0.15) is 30.1 Å². The topological polar surface area (TPSA) is 49.0 Å². The number of thiocarbonyl (C=S) groups is 1. The molecule has 20 heavy (non-hydrogen) atoms. The molecule has 5 heteroatoms. The quantitative estimate of drug-likeness (QED) is 0.699. The number of hydrogen-bond donors (Lipinski definition) is 3. The van der Waals surface area contributed by atoms with Gasteiger partial charge in [-0.05, 0) is 35.4 Å². The number of benzene rings is 1. The molecule has 0 saturated carbocycles. The van der Waals surface area contributed by atoms with E-state index in [1.54, 1.807) is 0 Å². The standard InChI is InChI=1S/C15H14N4S/c1-8-10-6-12-13(7-11(10)19-15(8)20)18-14(17-12)9-2-4-16-5-3-9/h2-8,14,17-18H,1H3,(H,19,20). The van der Waals surface area contributed by atoms with Gasteiger partial charge < -0.3 is 16.0 Å². The van der Waals surface area contributed by atoms with E-state index in [1.807, 2.05) is 24.5 Å². The van der Waals surface area contributed by atoms with E-state index in [0.717, 1.165) is 22.1 Å². The fraction of sp³-hybridized carbons (Fsp3) is 0.200. The van der Waals surface area contributed by atoms with Crippen molar-refractivity contribution in [2.24, 2.45) is 0 Å². The average Bonchev–Trinajstić information content (AvgIpc) is 3.00. The van der Waals surface area contributed by atoms with Crippen molar-refractivity contribution < 1.29 is 0 Å². The maximum absolute atomic E-state index is 5.33. The molecule has 4 nitrogen and oxygen atoms in total. The number of nitrogens with one attached hydrogen (secondary N) is 3. The Morgan fingerprint density at radius 3 is 2.50 bits per heavy atom. The van der Waals surface area contributed by atoms with E-state index >= 15 is 0 Å². The molecule has 3 heterocycles. The summed E-state index contributed by atoms with van der Waals surface area (Å²) in [5.74, 6) is 0.284. The smallest absolute Gasteiger partial charge is 0.123 e. The van der Waals surface area contributed by atoms with E-state index in [4.69, 9.17) is 12.2 Å². The fourth-order valence-corrected chi connectivity index (χ4v) is 3.01. The Morgan fingerprint density at radius 2 is 1.75 bits per heavy atom. The van der Waals surface area contributed by atoms with Crippen LogP contribution in [-0.4, -0.2) is 9.97 Å². The summed E-state index contributed by atoms with van der Waals surface area (Å²) in [6, 6.07) is 8.35. The van der Waals surface area contributed by atoms with Crippen LogP contribution in [0.15, 0.2) is 36.7 Å². The second-order valence-corrected chi connectivity index (χ2v) is 5.64. The monoisotopic (exact) mass is 282 g/mol. The number of pyridine rings is 1. The summed E-state index contributed by atoms with van der Waals surface area (Å²) < 4.78 is 0. The Labute approximate surface area is 122 Å². The van der Waals surface area contributed by atoms with Crippen LogP contribution in [0.3, 0.4) is 0 Å². The third kappa shape index (κ3) is 1.67. The van der Waals surface area contributed by atoms with Gasteiger partial charge >= 0.3 is 0 Å². The van der Waals surface area contributed by atoms with Gasteiger partial charge in [0.15, 0.2) is 0 Å². The lowest BCUT2D eigenvalue weighted by atomic mass is 10.0. The number of nitrogens with zero attached hydrogens (tertiary/aromatic N) is 1. The second-order valence-electron chi connectivity index (χ2n) is 5.20. The highest BCUT2D eigenvalue weighted by molar-refractivity contribution is 7.80. The van der Waals surface area contributed by atoms with Crippen molar-refractivity contribution >= 4 is 34.3 Å². The van der Waals surface area contributed by atoms with Crippen LogP contribution in [0, 0.1) is 0 Å². The van der Waals surface area contributed by atoms with E-state index in [0.29, 0.717) is 0 Å². The molecule has 2 aromatic rings. The van der Waals surface area contributed by atoms with Crippen LogP contribution in [0.25, 0.3) is 0 Å². The molecule has 2 aliphatic heterocycles. The van der Waals surface area contributed by atoms with Gasteiger partial charge in [0, 0.05) is 24.0 Å². The molecule has 0 aliphatic carbocycles. The van der Waals surface area contributed by atoms with Crippen molar-refractivity contribution in [3.63, 3.8) is 0 Å². The lowest BCUT2D eigenvalue weighted by molar-refractivity contribution is 0.935. The lowest BCUT2D eigenvalue weighted by Crippen LogP contribution is -2.12. The molecule has 0 saturated heterocycles. The number of rotatable bonds is 1. The van der Waals surface area contributed by atoms with Crippen LogP contribution in [0.4, 0.5) is 17.1 Å². The SMILES string of the molecule is CC1C(=S)Nc2cc3c(cc21)NC(c1ccncc1)N3. The highest BCUT2D eigenvalue weighted by Crippen LogP contribution is 2.43. The highest BCUT2D eigenvalue weighted by atomic mass is 32.1. The summed E-state index contributed by atoms with van der Waals surface area (Å²) >= 11 is 5.33. The molecule has 2 unspecified atom stereocenters. The minimum atomic E-state index is 0.0952. The van der Waals surface area contributed by atoms with Crippen molar-refractivity contribution in [2.75, 3.05) is 16.0 Å². The van der Waals surface area contributed by atoms with Crippen LogP contribution in [0.2, 0.25) is 0 Å². The van der Waals surface area contributed by atoms with Crippen molar-refractivity contribution in [1.29, 1.82) is 0 Å². The maximum atomic E-state index is 5.33. The van der Waals surface area contributed by atoms with Crippen molar-refractivity contribution in [2.45, 2.75) is 19.0 Å². The van der Waals surface area contributed by atoms with Gasteiger partial charge in [-0.2, -0.15) is 0 Å². The van der Waals surface area contributed by atoms with E-state index in [1.165, 1.54) is 11.1 Å². The van der Waals surface area contributed by atoms with Crippen LogP contribution < -0.4 is 16.0 Å². The molecule has 0 amide bonds. The predicted octanol–water partition coefficient (Wildman–Crippen LogP) is 3.47. The third-order valence-corrected chi connectivity index (χ3v) is 4.40. The predicted molar refractivity (Wildman–Crippen MR) is 85.3 cm³/mol. The number of anilines is 3. The van der Waals surface area contributed by atoms with Gasteiger partial charge in [-0.25, -0.2) is 0 Å². The minimum Gasteiger partial charge on any atom is -0.360 e. The summed E-state index contributed by atoms with van der Waals surface area (Å²) in [5, 5.41) is 10.3. The van der Waals surface area contributed by atoms with Crippen LogP contribution >= 0.6 is 12.2 Å². The first-order valence-electron chi connectivity index (χ1n) is 6.64. The summed E-state index contributed by atoms with van der Waals surface area (Å²) in [6.45, 7) is 2.14. The molecule has 0 bridgehead atoms. The first kappa shape index (κ1) is 11.7. The Morgan fingerprint density at radius 1 is 1.05 bits per heavy atom. The number of aromatic nitrogens is 1.